The Hall–Kier alpha value is -1.58. The summed E-state index contributed by atoms with van der Waals surface area (Å²) in [6.07, 6.45) is 1.30. The SMILES string of the molecule is CC(=S)NOC(=O)N(C)S(=O)OCCc1ccccn1. The van der Waals surface area contributed by atoms with E-state index in [9.17, 15) is 9.00 Å². The maximum atomic E-state index is 11.7. The van der Waals surface area contributed by atoms with Crippen LogP contribution in [0.4, 0.5) is 4.79 Å². The molecule has 0 radical (unpaired) electrons. The average Bonchev–Trinajstić information content (AvgIpc) is 2.44. The highest BCUT2D eigenvalue weighted by Crippen LogP contribution is 2.00. The second-order valence-corrected chi connectivity index (χ2v) is 5.46. The van der Waals surface area contributed by atoms with Gasteiger partial charge in [-0.15, -0.1) is 0 Å². The van der Waals surface area contributed by atoms with Gasteiger partial charge in [-0.3, -0.25) is 9.17 Å². The summed E-state index contributed by atoms with van der Waals surface area (Å²) in [4.78, 5) is 20.4. The van der Waals surface area contributed by atoms with Crippen molar-refractivity contribution >= 4 is 34.6 Å². The summed E-state index contributed by atoms with van der Waals surface area (Å²) < 4.78 is 17.5. The third kappa shape index (κ3) is 6.04. The van der Waals surface area contributed by atoms with Crippen molar-refractivity contribution in [3.05, 3.63) is 30.1 Å². The van der Waals surface area contributed by atoms with Crippen molar-refractivity contribution in [3.63, 3.8) is 0 Å². The zero-order chi connectivity index (χ0) is 15.0. The minimum atomic E-state index is -1.94. The van der Waals surface area contributed by atoms with Gasteiger partial charge in [0.1, 0.15) is 4.99 Å². The molecule has 110 valence electrons. The van der Waals surface area contributed by atoms with E-state index in [1.54, 1.807) is 19.2 Å². The quantitative estimate of drug-likeness (QED) is 0.644. The van der Waals surface area contributed by atoms with Crippen molar-refractivity contribution in [1.82, 2.24) is 14.8 Å². The molecule has 0 aliphatic heterocycles. The van der Waals surface area contributed by atoms with E-state index in [-0.39, 0.29) is 11.6 Å². The highest BCUT2D eigenvalue weighted by atomic mass is 32.2. The second kappa shape index (κ2) is 8.56. The number of hydrogen-bond donors (Lipinski definition) is 1. The lowest BCUT2D eigenvalue weighted by Gasteiger charge is -2.14. The highest BCUT2D eigenvalue weighted by molar-refractivity contribution is 7.80. The first kappa shape index (κ1) is 16.5. The first-order valence-corrected chi connectivity index (χ1v) is 7.11. The molecule has 1 N–H and O–H groups in total. The van der Waals surface area contributed by atoms with Crippen LogP contribution in [-0.2, 0) is 26.7 Å². The molecule has 0 aliphatic rings. The van der Waals surface area contributed by atoms with Gasteiger partial charge in [0.2, 0.25) is 0 Å². The van der Waals surface area contributed by atoms with Gasteiger partial charge in [0.05, 0.1) is 6.61 Å². The van der Waals surface area contributed by atoms with Crippen molar-refractivity contribution in [2.75, 3.05) is 13.7 Å². The lowest BCUT2D eigenvalue weighted by molar-refractivity contribution is 0.104. The summed E-state index contributed by atoms with van der Waals surface area (Å²) in [6, 6.07) is 5.48. The maximum absolute atomic E-state index is 11.7. The smallest absolute Gasteiger partial charge is 0.323 e. The topological polar surface area (TPSA) is 80.8 Å². The van der Waals surface area contributed by atoms with Gasteiger partial charge in [-0.25, -0.2) is 18.8 Å². The van der Waals surface area contributed by atoms with Crippen LogP contribution < -0.4 is 5.48 Å². The summed E-state index contributed by atoms with van der Waals surface area (Å²) in [5.41, 5.74) is 3.02. The van der Waals surface area contributed by atoms with E-state index in [2.05, 4.69) is 27.5 Å². The highest BCUT2D eigenvalue weighted by Gasteiger charge is 2.18. The van der Waals surface area contributed by atoms with Crippen molar-refractivity contribution in [1.29, 1.82) is 0 Å². The van der Waals surface area contributed by atoms with Gasteiger partial charge in [0.25, 0.3) is 11.3 Å². The Balaban J connectivity index is 2.31. The lowest BCUT2D eigenvalue weighted by atomic mass is 10.3. The predicted molar refractivity (Wildman–Crippen MR) is 77.7 cm³/mol. The molecule has 1 unspecified atom stereocenters. The van der Waals surface area contributed by atoms with E-state index in [0.717, 1.165) is 10.00 Å². The third-order valence-corrected chi connectivity index (χ3v) is 3.08. The van der Waals surface area contributed by atoms with Crippen LogP contribution >= 0.6 is 12.2 Å². The summed E-state index contributed by atoms with van der Waals surface area (Å²) in [6.45, 7) is 1.71. The number of amides is 1. The third-order valence-electron chi connectivity index (χ3n) is 2.03. The van der Waals surface area contributed by atoms with Crippen molar-refractivity contribution in [2.24, 2.45) is 0 Å². The Kier molecular flexibility index (Phi) is 7.05. The maximum Gasteiger partial charge on any atom is 0.447 e. The van der Waals surface area contributed by atoms with Crippen LogP contribution in [0.25, 0.3) is 0 Å². The number of pyridine rings is 1. The molecule has 1 aromatic heterocycles. The molecule has 1 amide bonds. The molecule has 20 heavy (non-hydrogen) atoms. The number of thiocarbonyl (C=S) groups is 1. The fourth-order valence-electron chi connectivity index (χ4n) is 1.08. The number of aromatic nitrogens is 1. The van der Waals surface area contributed by atoms with E-state index in [1.807, 2.05) is 12.1 Å². The van der Waals surface area contributed by atoms with Gasteiger partial charge >= 0.3 is 6.09 Å². The van der Waals surface area contributed by atoms with Crippen molar-refractivity contribution < 1.29 is 18.0 Å². The molecule has 7 nitrogen and oxygen atoms in total. The molecule has 9 heteroatoms. The minimum absolute atomic E-state index is 0.168. The largest absolute Gasteiger partial charge is 0.447 e. The Bertz CT molecular complexity index is 484. The van der Waals surface area contributed by atoms with E-state index in [0.29, 0.717) is 6.42 Å². The van der Waals surface area contributed by atoms with Crippen LogP contribution in [0.15, 0.2) is 24.4 Å². The van der Waals surface area contributed by atoms with Crippen LogP contribution in [0.2, 0.25) is 0 Å². The second-order valence-electron chi connectivity index (χ2n) is 3.63. The molecule has 0 saturated carbocycles. The molecule has 0 fully saturated rings. The molecule has 0 aliphatic carbocycles. The average molecular weight is 317 g/mol. The van der Waals surface area contributed by atoms with Crippen LogP contribution in [-0.4, -0.2) is 38.2 Å². The molecular weight excluding hydrogens is 302 g/mol. The fraction of sp³-hybridized carbons (Fsp3) is 0.364. The van der Waals surface area contributed by atoms with Crippen LogP contribution in [0.1, 0.15) is 12.6 Å². The van der Waals surface area contributed by atoms with Gasteiger partial charge < -0.3 is 4.84 Å². The van der Waals surface area contributed by atoms with Crippen molar-refractivity contribution in [3.8, 4) is 0 Å². The van der Waals surface area contributed by atoms with Gasteiger partial charge in [0.15, 0.2) is 0 Å². The summed E-state index contributed by atoms with van der Waals surface area (Å²) in [7, 11) is 1.29. The van der Waals surface area contributed by atoms with Crippen LogP contribution in [0.5, 0.6) is 0 Å². The Labute approximate surface area is 125 Å². The number of carbonyl (C=O) groups is 1. The van der Waals surface area contributed by atoms with E-state index >= 15 is 0 Å². The number of hydrogen-bond acceptors (Lipinski definition) is 6. The molecule has 0 aromatic carbocycles. The van der Waals surface area contributed by atoms with Crippen LogP contribution in [0.3, 0.4) is 0 Å². The lowest BCUT2D eigenvalue weighted by Crippen LogP contribution is -2.35. The Morgan fingerprint density at radius 1 is 1.55 bits per heavy atom. The summed E-state index contributed by atoms with van der Waals surface area (Å²) >= 11 is 2.73. The number of nitrogens with one attached hydrogen (secondary N) is 1. The molecule has 1 atom stereocenters. The Morgan fingerprint density at radius 3 is 2.90 bits per heavy atom. The normalized spacial score (nSPS) is 11.5. The van der Waals surface area contributed by atoms with Gasteiger partial charge in [0, 0.05) is 25.4 Å². The van der Waals surface area contributed by atoms with E-state index in [4.69, 9.17) is 4.18 Å². The Morgan fingerprint density at radius 2 is 2.30 bits per heavy atom. The van der Waals surface area contributed by atoms with Gasteiger partial charge in [-0.05, 0) is 19.1 Å². The van der Waals surface area contributed by atoms with E-state index < -0.39 is 17.4 Å². The zero-order valence-electron chi connectivity index (χ0n) is 11.1. The summed E-state index contributed by atoms with van der Waals surface area (Å²) in [5.74, 6) is 0. The molecule has 1 rings (SSSR count). The fourth-order valence-corrected chi connectivity index (χ4v) is 1.67. The molecule has 0 saturated heterocycles. The minimum Gasteiger partial charge on any atom is -0.323 e. The zero-order valence-corrected chi connectivity index (χ0v) is 12.7. The molecular formula is C11H15N3O4S2. The molecule has 0 bridgehead atoms. The first-order chi connectivity index (χ1) is 9.50. The molecule has 1 heterocycles. The predicted octanol–water partition coefficient (Wildman–Crippen LogP) is 1.14. The molecule has 1 aromatic rings. The molecule has 0 spiro atoms. The number of hydroxylamine groups is 1. The van der Waals surface area contributed by atoms with Gasteiger partial charge in [-0.2, -0.15) is 0 Å². The number of carbonyl (C=O) groups excluding carboxylic acids is 1. The van der Waals surface area contributed by atoms with E-state index in [1.165, 1.54) is 7.05 Å². The number of rotatable bonds is 5. The summed E-state index contributed by atoms with van der Waals surface area (Å²) in [5, 5.41) is 0. The van der Waals surface area contributed by atoms with Gasteiger partial charge in [-0.1, -0.05) is 18.3 Å². The van der Waals surface area contributed by atoms with Crippen molar-refractivity contribution in [2.45, 2.75) is 13.3 Å². The van der Waals surface area contributed by atoms with Crippen LogP contribution in [0, 0.1) is 0 Å². The first-order valence-electron chi connectivity index (χ1n) is 5.67. The standard InChI is InChI=1S/C11H15N3O4S2/c1-9(19)13-18-11(15)14(2)20(16)17-8-6-10-5-3-4-7-12-10/h3-5,7H,6,8H2,1-2H3,(H,13,19). The monoisotopic (exact) mass is 317 g/mol. The number of nitrogens with zero attached hydrogens (tertiary/aromatic N) is 2.